The van der Waals surface area contributed by atoms with Crippen LogP contribution in [-0.2, 0) is 19.7 Å². The van der Waals surface area contributed by atoms with E-state index < -0.39 is 31.0 Å². The van der Waals surface area contributed by atoms with E-state index in [1.54, 1.807) is 12.1 Å². The Hall–Kier alpha value is -1.12. The van der Waals surface area contributed by atoms with E-state index in [0.717, 1.165) is 19.5 Å². The Balaban J connectivity index is 1.94. The quantitative estimate of drug-likeness (QED) is 0.763. The second-order valence-corrected chi connectivity index (χ2v) is 12.1. The van der Waals surface area contributed by atoms with Gasteiger partial charge in [0.1, 0.15) is 5.75 Å². The molecule has 0 N–H and O–H groups in total. The summed E-state index contributed by atoms with van der Waals surface area (Å²) < 4.78 is 56.1. The van der Waals surface area contributed by atoms with Gasteiger partial charge in [0.05, 0.1) is 28.8 Å². The highest BCUT2D eigenvalue weighted by molar-refractivity contribution is 7.96. The lowest BCUT2D eigenvalue weighted by atomic mass is 9.91. The van der Waals surface area contributed by atoms with Gasteiger partial charge in [0, 0.05) is 19.1 Å². The Morgan fingerprint density at radius 2 is 1.62 bits per heavy atom. The van der Waals surface area contributed by atoms with Crippen molar-refractivity contribution in [1.29, 1.82) is 0 Å². The van der Waals surface area contributed by atoms with E-state index >= 15 is 0 Å². The van der Waals surface area contributed by atoms with Crippen LogP contribution in [0.15, 0.2) is 29.2 Å². The Morgan fingerprint density at radius 1 is 1.04 bits per heavy atom. The van der Waals surface area contributed by atoms with Gasteiger partial charge in [-0.05, 0) is 42.5 Å². The molecule has 1 aromatic rings. The molecule has 3 rings (SSSR count). The number of methoxy groups -OCH3 is 1. The summed E-state index contributed by atoms with van der Waals surface area (Å²) in [7, 11) is -5.61. The number of benzene rings is 1. The molecule has 0 bridgehead atoms. The summed E-state index contributed by atoms with van der Waals surface area (Å²) >= 11 is 0. The average molecular weight is 402 g/mol. The lowest BCUT2D eigenvalue weighted by Crippen LogP contribution is -2.51. The van der Waals surface area contributed by atoms with Gasteiger partial charge in [-0.25, -0.2) is 16.8 Å². The maximum atomic E-state index is 13.2. The molecule has 2 saturated heterocycles. The number of likely N-dealkylation sites (tertiary alicyclic amines) is 1. The third-order valence-corrected chi connectivity index (χ3v) is 9.56. The fourth-order valence-electron chi connectivity index (χ4n) is 4.36. The molecule has 0 unspecified atom stereocenters. The van der Waals surface area contributed by atoms with Crippen molar-refractivity contribution in [1.82, 2.24) is 4.90 Å². The van der Waals surface area contributed by atoms with Crippen molar-refractivity contribution in [2.24, 2.45) is 11.8 Å². The Morgan fingerprint density at radius 3 is 2.15 bits per heavy atom. The van der Waals surface area contributed by atoms with Gasteiger partial charge in [0.25, 0.3) is 0 Å². The average Bonchev–Trinajstić information content (AvgIpc) is 2.90. The summed E-state index contributed by atoms with van der Waals surface area (Å²) in [6.07, 6.45) is 1.09. The highest BCUT2D eigenvalue weighted by atomic mass is 32.2. The van der Waals surface area contributed by atoms with E-state index in [0.29, 0.717) is 17.6 Å². The summed E-state index contributed by atoms with van der Waals surface area (Å²) in [5.74, 6) is 1.06. The number of piperidine rings is 1. The Kier molecular flexibility index (Phi) is 5.38. The molecule has 2 fully saturated rings. The smallest absolute Gasteiger partial charge is 0.183 e. The first-order chi connectivity index (χ1) is 12.1. The van der Waals surface area contributed by atoms with Crippen LogP contribution in [0.1, 0.15) is 20.3 Å². The van der Waals surface area contributed by atoms with Crippen LogP contribution in [0, 0.1) is 11.8 Å². The van der Waals surface area contributed by atoms with Crippen molar-refractivity contribution in [3.63, 3.8) is 0 Å². The molecule has 0 aliphatic carbocycles. The van der Waals surface area contributed by atoms with Crippen molar-refractivity contribution in [3.05, 3.63) is 24.3 Å². The van der Waals surface area contributed by atoms with Gasteiger partial charge in [0.2, 0.25) is 0 Å². The van der Waals surface area contributed by atoms with Gasteiger partial charge in [-0.15, -0.1) is 0 Å². The molecule has 2 aliphatic heterocycles. The fourth-order valence-corrected chi connectivity index (χ4v) is 9.19. The highest BCUT2D eigenvalue weighted by Crippen LogP contribution is 2.33. The van der Waals surface area contributed by atoms with Crippen molar-refractivity contribution >= 4 is 19.7 Å². The summed E-state index contributed by atoms with van der Waals surface area (Å²) in [6, 6.07) is 5.71. The predicted molar refractivity (Wildman–Crippen MR) is 101 cm³/mol. The van der Waals surface area contributed by atoms with E-state index in [2.05, 4.69) is 18.7 Å². The van der Waals surface area contributed by atoms with Crippen LogP contribution >= 0.6 is 0 Å². The molecule has 0 spiro atoms. The third-order valence-electron chi connectivity index (χ3n) is 5.42. The maximum Gasteiger partial charge on any atom is 0.183 e. The minimum Gasteiger partial charge on any atom is -0.497 e. The first kappa shape index (κ1) is 19.6. The minimum absolute atomic E-state index is 0.0769. The van der Waals surface area contributed by atoms with Crippen LogP contribution in [0.4, 0.5) is 0 Å². The lowest BCUT2D eigenvalue weighted by Gasteiger charge is -2.40. The fraction of sp³-hybridized carbons (Fsp3) is 0.667. The molecule has 2 heterocycles. The zero-order valence-electron chi connectivity index (χ0n) is 15.5. The van der Waals surface area contributed by atoms with Gasteiger partial charge < -0.3 is 4.74 Å². The van der Waals surface area contributed by atoms with E-state index in [1.807, 2.05) is 0 Å². The zero-order valence-corrected chi connectivity index (χ0v) is 17.1. The Labute approximate surface area is 156 Å². The molecule has 1 aromatic carbocycles. The van der Waals surface area contributed by atoms with E-state index in [9.17, 15) is 16.8 Å². The largest absolute Gasteiger partial charge is 0.497 e. The van der Waals surface area contributed by atoms with Crippen LogP contribution in [0.25, 0.3) is 0 Å². The molecule has 0 aromatic heterocycles. The van der Waals surface area contributed by atoms with Gasteiger partial charge in [-0.1, -0.05) is 13.8 Å². The van der Waals surface area contributed by atoms with Crippen molar-refractivity contribution in [3.8, 4) is 5.75 Å². The number of sulfone groups is 2. The van der Waals surface area contributed by atoms with Gasteiger partial charge in [-0.2, -0.15) is 0 Å². The van der Waals surface area contributed by atoms with Crippen LogP contribution in [0.3, 0.4) is 0 Å². The summed E-state index contributed by atoms with van der Waals surface area (Å²) in [5, 5.41) is -0.918. The van der Waals surface area contributed by atoms with Crippen LogP contribution < -0.4 is 4.74 Å². The van der Waals surface area contributed by atoms with Crippen LogP contribution in [-0.4, -0.2) is 64.7 Å². The summed E-state index contributed by atoms with van der Waals surface area (Å²) in [4.78, 5) is 2.25. The number of ether oxygens (including phenoxy) is 1. The van der Waals surface area contributed by atoms with E-state index in [-0.39, 0.29) is 16.4 Å². The van der Waals surface area contributed by atoms with E-state index in [4.69, 9.17) is 4.74 Å². The molecule has 0 radical (unpaired) electrons. The first-order valence-corrected chi connectivity index (χ1v) is 12.3. The van der Waals surface area contributed by atoms with Gasteiger partial charge in [-0.3, -0.25) is 4.90 Å². The molecule has 0 saturated carbocycles. The van der Waals surface area contributed by atoms with E-state index in [1.165, 1.54) is 19.2 Å². The standard InChI is InChI=1S/C18H27NO5S2/c1-13-8-14(2)10-19(9-13)17-11-25(20,21)12-18(17)26(22,23)16-6-4-15(24-3)5-7-16/h4-7,13-14,17-18H,8-12H2,1-3H3/t13-,14+,17-,18-/m0/s1. The predicted octanol–water partition coefficient (Wildman–Crippen LogP) is 1.61. The molecule has 8 heteroatoms. The molecular weight excluding hydrogens is 374 g/mol. The SMILES string of the molecule is COc1ccc(S(=O)(=O)[C@H]2CS(=O)(=O)C[C@@H]2N2C[C@H](C)C[C@H](C)C2)cc1. The normalized spacial score (nSPS) is 32.4. The topological polar surface area (TPSA) is 80.8 Å². The minimum atomic E-state index is -3.74. The first-order valence-electron chi connectivity index (χ1n) is 8.95. The molecule has 146 valence electrons. The highest BCUT2D eigenvalue weighted by Gasteiger charge is 2.49. The molecular formula is C18H27NO5S2. The van der Waals surface area contributed by atoms with Crippen molar-refractivity contribution in [2.75, 3.05) is 31.7 Å². The molecule has 26 heavy (non-hydrogen) atoms. The molecule has 6 nitrogen and oxygen atoms in total. The monoisotopic (exact) mass is 401 g/mol. The van der Waals surface area contributed by atoms with Crippen molar-refractivity contribution < 1.29 is 21.6 Å². The van der Waals surface area contributed by atoms with Gasteiger partial charge in [0.15, 0.2) is 19.7 Å². The number of nitrogens with zero attached hydrogens (tertiary/aromatic N) is 1. The second kappa shape index (κ2) is 7.13. The van der Waals surface area contributed by atoms with Crippen LogP contribution in [0.5, 0.6) is 5.75 Å². The van der Waals surface area contributed by atoms with Crippen LogP contribution in [0.2, 0.25) is 0 Å². The van der Waals surface area contributed by atoms with Gasteiger partial charge >= 0.3 is 0 Å². The summed E-state index contributed by atoms with van der Waals surface area (Å²) in [5.41, 5.74) is 0. The Bertz CT molecular complexity index is 838. The molecule has 0 amide bonds. The third kappa shape index (κ3) is 3.92. The molecule has 4 atom stereocenters. The maximum absolute atomic E-state index is 13.2. The number of rotatable bonds is 4. The summed E-state index contributed by atoms with van der Waals surface area (Å²) in [6.45, 7) is 5.77. The number of hydrogen-bond donors (Lipinski definition) is 0. The zero-order chi connectivity index (χ0) is 19.1. The second-order valence-electron chi connectivity index (χ2n) is 7.80. The molecule has 2 aliphatic rings. The lowest BCUT2D eigenvalue weighted by molar-refractivity contribution is 0.107. The van der Waals surface area contributed by atoms with Crippen molar-refractivity contribution in [2.45, 2.75) is 36.5 Å². The number of hydrogen-bond acceptors (Lipinski definition) is 6.